The molecule has 2 N–H and O–H groups in total. The number of nitriles is 1. The molecule has 4 rings (SSSR count). The fourth-order valence-electron chi connectivity index (χ4n) is 3.64. The van der Waals surface area contributed by atoms with Gasteiger partial charge in [-0.2, -0.15) is 9.64 Å². The molecular formula is C23H23FN6OS. The number of anilines is 2. The van der Waals surface area contributed by atoms with E-state index in [0.29, 0.717) is 30.1 Å². The lowest BCUT2D eigenvalue weighted by Crippen LogP contribution is -2.39. The molecule has 2 aromatic carbocycles. The second kappa shape index (κ2) is 10.2. The quantitative estimate of drug-likeness (QED) is 0.588. The molecule has 7 nitrogen and oxygen atoms in total. The highest BCUT2D eigenvalue weighted by Crippen LogP contribution is 2.25. The van der Waals surface area contributed by atoms with Gasteiger partial charge in [0.2, 0.25) is 5.13 Å². The van der Waals surface area contributed by atoms with Crippen LogP contribution < -0.4 is 15.5 Å². The number of aromatic nitrogens is 2. The molecule has 1 aromatic heterocycles. The molecule has 0 radical (unpaired) electrons. The first kappa shape index (κ1) is 21.7. The lowest BCUT2D eigenvalue weighted by atomic mass is 9.97. The predicted octanol–water partition coefficient (Wildman–Crippen LogP) is 4.18. The molecule has 32 heavy (non-hydrogen) atoms. The zero-order valence-electron chi connectivity index (χ0n) is 17.4. The van der Waals surface area contributed by atoms with Gasteiger partial charge in [-0.15, -0.1) is 0 Å². The number of nitrogens with one attached hydrogen (secondary N) is 2. The van der Waals surface area contributed by atoms with Crippen LogP contribution in [-0.2, 0) is 6.42 Å². The average molecular weight is 451 g/mol. The largest absolute Gasteiger partial charge is 0.347 e. The molecule has 0 unspecified atom stereocenters. The van der Waals surface area contributed by atoms with Crippen LogP contribution in [0.25, 0.3) is 0 Å². The summed E-state index contributed by atoms with van der Waals surface area (Å²) in [7, 11) is 0. The summed E-state index contributed by atoms with van der Waals surface area (Å²) >= 11 is 1.39. The minimum absolute atomic E-state index is 0.247. The fraction of sp³-hybridized carbons (Fsp3) is 0.304. The number of nitrogens with zero attached hydrogens (tertiary/aromatic N) is 4. The Bertz CT molecular complexity index is 1100. The molecule has 1 fully saturated rings. The maximum absolute atomic E-state index is 13.1. The number of benzene rings is 2. The van der Waals surface area contributed by atoms with Crippen LogP contribution in [0.1, 0.15) is 29.8 Å². The number of hydrogen-bond acceptors (Lipinski definition) is 6. The van der Waals surface area contributed by atoms with E-state index in [4.69, 9.17) is 5.26 Å². The van der Waals surface area contributed by atoms with Gasteiger partial charge in [0.1, 0.15) is 11.6 Å². The van der Waals surface area contributed by atoms with Gasteiger partial charge in [0, 0.05) is 43.3 Å². The minimum Gasteiger partial charge on any atom is -0.347 e. The summed E-state index contributed by atoms with van der Waals surface area (Å²) in [5.41, 5.74) is 2.09. The Kier molecular flexibility index (Phi) is 6.92. The van der Waals surface area contributed by atoms with Crippen molar-refractivity contribution in [1.29, 1.82) is 5.26 Å². The smallest absolute Gasteiger partial charge is 0.319 e. The summed E-state index contributed by atoms with van der Waals surface area (Å²) in [4.78, 5) is 19.0. The van der Waals surface area contributed by atoms with Crippen LogP contribution in [0.5, 0.6) is 0 Å². The lowest BCUT2D eigenvalue weighted by Gasteiger charge is -2.31. The van der Waals surface area contributed by atoms with E-state index in [1.54, 1.807) is 36.4 Å². The van der Waals surface area contributed by atoms with Crippen molar-refractivity contribution in [3.05, 3.63) is 71.3 Å². The Morgan fingerprint density at radius 3 is 2.75 bits per heavy atom. The van der Waals surface area contributed by atoms with Crippen LogP contribution in [0, 0.1) is 23.1 Å². The third-order valence-electron chi connectivity index (χ3n) is 5.42. The third-order valence-corrected chi connectivity index (χ3v) is 6.23. The maximum Gasteiger partial charge on any atom is 0.319 e. The summed E-state index contributed by atoms with van der Waals surface area (Å²) < 4.78 is 17.5. The van der Waals surface area contributed by atoms with E-state index in [1.807, 2.05) is 0 Å². The molecule has 2 heterocycles. The lowest BCUT2D eigenvalue weighted by molar-refractivity contribution is 0.248. The predicted molar refractivity (Wildman–Crippen MR) is 122 cm³/mol. The zero-order valence-corrected chi connectivity index (χ0v) is 18.2. The molecule has 1 aliphatic heterocycles. The van der Waals surface area contributed by atoms with Crippen molar-refractivity contribution in [2.24, 2.45) is 5.92 Å². The molecule has 0 bridgehead atoms. The number of rotatable bonds is 6. The van der Waals surface area contributed by atoms with Gasteiger partial charge < -0.3 is 15.5 Å². The number of piperidine rings is 1. The molecule has 1 aliphatic rings. The average Bonchev–Trinajstić information content (AvgIpc) is 3.28. The van der Waals surface area contributed by atoms with Crippen molar-refractivity contribution in [1.82, 2.24) is 14.7 Å². The summed E-state index contributed by atoms with van der Waals surface area (Å²) in [6, 6.07) is 15.0. The molecule has 0 spiro atoms. The summed E-state index contributed by atoms with van der Waals surface area (Å²) in [6.45, 7) is 2.33. The first-order valence-corrected chi connectivity index (χ1v) is 11.2. The highest BCUT2D eigenvalue weighted by molar-refractivity contribution is 7.09. The van der Waals surface area contributed by atoms with Gasteiger partial charge in [-0.1, -0.05) is 18.2 Å². The van der Waals surface area contributed by atoms with Crippen molar-refractivity contribution in [3.63, 3.8) is 0 Å². The molecule has 0 atom stereocenters. The van der Waals surface area contributed by atoms with E-state index >= 15 is 0 Å². The van der Waals surface area contributed by atoms with Crippen molar-refractivity contribution >= 4 is 28.4 Å². The Labute approximate surface area is 190 Å². The van der Waals surface area contributed by atoms with Crippen LogP contribution >= 0.6 is 11.5 Å². The van der Waals surface area contributed by atoms with E-state index in [-0.39, 0.29) is 11.8 Å². The Balaban J connectivity index is 1.21. The molecule has 1 saturated heterocycles. The van der Waals surface area contributed by atoms with Gasteiger partial charge in [-0.3, -0.25) is 0 Å². The first-order chi connectivity index (χ1) is 15.6. The third kappa shape index (κ3) is 5.80. The monoisotopic (exact) mass is 450 g/mol. The van der Waals surface area contributed by atoms with Crippen molar-refractivity contribution in [3.8, 4) is 6.07 Å². The van der Waals surface area contributed by atoms with Gasteiger partial charge in [0.05, 0.1) is 11.6 Å². The van der Waals surface area contributed by atoms with Gasteiger partial charge >= 0.3 is 6.03 Å². The molecule has 0 saturated carbocycles. The second-order valence-corrected chi connectivity index (χ2v) is 8.48. The maximum atomic E-state index is 13.1. The van der Waals surface area contributed by atoms with Gasteiger partial charge in [-0.05, 0) is 54.7 Å². The van der Waals surface area contributed by atoms with Crippen LogP contribution in [0.15, 0.2) is 48.5 Å². The number of amides is 2. The topological polar surface area (TPSA) is 93.9 Å². The number of halogens is 1. The fourth-order valence-corrected chi connectivity index (χ4v) is 4.37. The van der Waals surface area contributed by atoms with Crippen molar-refractivity contribution in [2.75, 3.05) is 29.9 Å². The molecule has 164 valence electrons. The van der Waals surface area contributed by atoms with E-state index in [1.165, 1.54) is 23.7 Å². The Morgan fingerprint density at radius 2 is 2.00 bits per heavy atom. The first-order valence-electron chi connectivity index (χ1n) is 10.5. The molecular weight excluding hydrogens is 427 g/mol. The highest BCUT2D eigenvalue weighted by Gasteiger charge is 2.22. The number of urea groups is 1. The SMILES string of the molecule is N#Cc1cccc(NC(=O)NCC2CCN(c3nc(Cc4ccc(F)cc4)ns3)CC2)c1. The molecule has 0 aliphatic carbocycles. The van der Waals surface area contributed by atoms with E-state index < -0.39 is 0 Å². The number of carbonyl (C=O) groups is 1. The molecule has 3 aromatic rings. The van der Waals surface area contributed by atoms with Crippen LogP contribution in [0.4, 0.5) is 20.0 Å². The number of hydrogen-bond donors (Lipinski definition) is 2. The van der Waals surface area contributed by atoms with Gasteiger partial charge in [-0.25, -0.2) is 14.2 Å². The van der Waals surface area contributed by atoms with Crippen LogP contribution in [-0.4, -0.2) is 35.0 Å². The Morgan fingerprint density at radius 1 is 1.22 bits per heavy atom. The van der Waals surface area contributed by atoms with Gasteiger partial charge in [0.25, 0.3) is 0 Å². The van der Waals surface area contributed by atoms with Crippen molar-refractivity contribution in [2.45, 2.75) is 19.3 Å². The van der Waals surface area contributed by atoms with E-state index in [2.05, 4.69) is 31.0 Å². The van der Waals surface area contributed by atoms with E-state index in [0.717, 1.165) is 42.5 Å². The van der Waals surface area contributed by atoms with E-state index in [9.17, 15) is 9.18 Å². The van der Waals surface area contributed by atoms with Crippen LogP contribution in [0.2, 0.25) is 0 Å². The standard InChI is InChI=1S/C23H23FN6OS/c24-19-6-4-16(5-7-19)13-21-28-23(32-29-21)30-10-8-17(9-11-30)15-26-22(31)27-20-3-1-2-18(12-20)14-25/h1-7,12,17H,8-11,13,15H2,(H2,26,27,31). The molecule has 9 heteroatoms. The second-order valence-electron chi connectivity index (χ2n) is 7.75. The summed E-state index contributed by atoms with van der Waals surface area (Å²) in [5.74, 6) is 0.898. The highest BCUT2D eigenvalue weighted by atomic mass is 32.1. The number of carbonyl (C=O) groups excluding carboxylic acids is 1. The van der Waals surface area contributed by atoms with Gasteiger partial charge in [0.15, 0.2) is 0 Å². The zero-order chi connectivity index (χ0) is 22.3. The summed E-state index contributed by atoms with van der Waals surface area (Å²) in [6.07, 6.45) is 2.50. The Hall–Kier alpha value is -3.51. The summed E-state index contributed by atoms with van der Waals surface area (Å²) in [5, 5.41) is 15.5. The minimum atomic E-state index is -0.267. The normalized spacial score (nSPS) is 14.1. The van der Waals surface area contributed by atoms with Crippen LogP contribution in [0.3, 0.4) is 0 Å². The van der Waals surface area contributed by atoms with Crippen molar-refractivity contribution < 1.29 is 9.18 Å². The molecule has 2 amide bonds.